The predicted molar refractivity (Wildman–Crippen MR) is 104 cm³/mol. The molecule has 27 heavy (non-hydrogen) atoms. The van der Waals surface area contributed by atoms with Crippen molar-refractivity contribution in [3.8, 4) is 11.4 Å². The molecule has 2 N–H and O–H groups in total. The molecule has 0 aliphatic rings. The van der Waals surface area contributed by atoms with Crippen LogP contribution in [0.5, 0.6) is 0 Å². The molecule has 0 spiro atoms. The first-order valence-electron chi connectivity index (χ1n) is 8.62. The summed E-state index contributed by atoms with van der Waals surface area (Å²) in [7, 11) is 0. The molecule has 0 saturated heterocycles. The zero-order valence-corrected chi connectivity index (χ0v) is 15.5. The van der Waals surface area contributed by atoms with Crippen LogP contribution in [0.4, 0.5) is 0 Å². The Hall–Kier alpha value is -3.35. The number of pyridine rings is 2. The van der Waals surface area contributed by atoms with E-state index in [4.69, 9.17) is 0 Å². The van der Waals surface area contributed by atoms with E-state index in [0.29, 0.717) is 36.5 Å². The van der Waals surface area contributed by atoms with Crippen LogP contribution in [0, 0.1) is 0 Å². The summed E-state index contributed by atoms with van der Waals surface area (Å²) in [5.41, 5.74) is 1.85. The summed E-state index contributed by atoms with van der Waals surface area (Å²) in [4.78, 5) is 41.0. The highest BCUT2D eigenvalue weighted by molar-refractivity contribution is 5.95. The Morgan fingerprint density at radius 3 is 2.37 bits per heavy atom. The van der Waals surface area contributed by atoms with Gasteiger partial charge in [-0.2, -0.15) is 0 Å². The highest BCUT2D eigenvalue weighted by Gasteiger charge is 2.08. The van der Waals surface area contributed by atoms with E-state index in [9.17, 15) is 14.4 Å². The summed E-state index contributed by atoms with van der Waals surface area (Å²) in [6, 6.07) is 8.85. The van der Waals surface area contributed by atoms with Gasteiger partial charge in [-0.3, -0.25) is 19.6 Å². The molecule has 7 heteroatoms. The van der Waals surface area contributed by atoms with Gasteiger partial charge in [0.15, 0.2) is 0 Å². The van der Waals surface area contributed by atoms with Gasteiger partial charge in [0.2, 0.25) is 5.91 Å². The van der Waals surface area contributed by atoms with Crippen molar-refractivity contribution in [2.24, 2.45) is 0 Å². The topological polar surface area (TPSA) is 101 Å². The van der Waals surface area contributed by atoms with E-state index in [1.165, 1.54) is 6.08 Å². The first-order chi connectivity index (χ1) is 13.1. The molecule has 7 nitrogen and oxygen atoms in total. The molecule has 0 aliphatic carbocycles. The minimum Gasteiger partial charge on any atom is -0.351 e. The van der Waals surface area contributed by atoms with Crippen molar-refractivity contribution in [2.75, 3.05) is 13.1 Å². The van der Waals surface area contributed by atoms with Crippen molar-refractivity contribution in [1.82, 2.24) is 20.6 Å². The van der Waals surface area contributed by atoms with Gasteiger partial charge < -0.3 is 15.4 Å². The van der Waals surface area contributed by atoms with Gasteiger partial charge in [0.1, 0.15) is 6.29 Å². The highest BCUT2D eigenvalue weighted by atomic mass is 16.2. The fraction of sp³-hybridized carbons (Fsp3) is 0.250. The van der Waals surface area contributed by atoms with Crippen LogP contribution in [0.3, 0.4) is 0 Å². The monoisotopic (exact) mass is 368 g/mol. The summed E-state index contributed by atoms with van der Waals surface area (Å²) in [6.07, 6.45) is 7.86. The molecule has 0 aromatic carbocycles. The lowest BCUT2D eigenvalue weighted by atomic mass is 10.1. The number of allylic oxidation sites excluding steroid dienone is 1. The van der Waals surface area contributed by atoms with E-state index in [2.05, 4.69) is 20.6 Å². The van der Waals surface area contributed by atoms with Crippen molar-refractivity contribution in [1.29, 1.82) is 0 Å². The van der Waals surface area contributed by atoms with Gasteiger partial charge in [-0.25, -0.2) is 0 Å². The van der Waals surface area contributed by atoms with Gasteiger partial charge >= 0.3 is 0 Å². The predicted octanol–water partition coefficient (Wildman–Crippen LogP) is 2.16. The van der Waals surface area contributed by atoms with Gasteiger partial charge in [0, 0.05) is 37.5 Å². The van der Waals surface area contributed by atoms with Crippen molar-refractivity contribution in [3.63, 3.8) is 0 Å². The molecule has 0 atom stereocenters. The second-order valence-corrected chi connectivity index (χ2v) is 5.27. The Labute approximate surface area is 158 Å². The van der Waals surface area contributed by atoms with E-state index >= 15 is 0 Å². The number of nitrogens with one attached hydrogen (secondary N) is 2. The maximum Gasteiger partial charge on any atom is 0.251 e. The molecule has 2 aromatic heterocycles. The Morgan fingerprint density at radius 2 is 1.74 bits per heavy atom. The molecule has 2 aromatic rings. The second kappa shape index (κ2) is 12.9. The van der Waals surface area contributed by atoms with Crippen LogP contribution in [0.15, 0.2) is 54.9 Å². The Morgan fingerprint density at radius 1 is 1.04 bits per heavy atom. The lowest BCUT2D eigenvalue weighted by Gasteiger charge is -2.07. The van der Waals surface area contributed by atoms with Crippen LogP contribution in [-0.4, -0.2) is 41.2 Å². The third-order valence-corrected chi connectivity index (χ3v) is 3.14. The van der Waals surface area contributed by atoms with Crippen molar-refractivity contribution >= 4 is 18.1 Å². The van der Waals surface area contributed by atoms with E-state index in [-0.39, 0.29) is 11.8 Å². The number of carbonyl (C=O) groups excluding carboxylic acids is 3. The molecule has 0 unspecified atom stereocenters. The number of amides is 2. The van der Waals surface area contributed by atoms with Crippen LogP contribution in [0.1, 0.15) is 30.6 Å². The minimum atomic E-state index is -0.218. The fourth-order valence-corrected chi connectivity index (χ4v) is 1.90. The Bertz CT molecular complexity index is 761. The van der Waals surface area contributed by atoms with E-state index < -0.39 is 0 Å². The van der Waals surface area contributed by atoms with Crippen LogP contribution in [-0.2, 0) is 9.59 Å². The highest BCUT2D eigenvalue weighted by Crippen LogP contribution is 2.14. The summed E-state index contributed by atoms with van der Waals surface area (Å²) in [6.45, 7) is 4.30. The van der Waals surface area contributed by atoms with Crippen molar-refractivity contribution in [3.05, 3.63) is 60.4 Å². The zero-order chi connectivity index (χ0) is 19.9. The zero-order valence-electron chi connectivity index (χ0n) is 15.5. The Kier molecular flexibility index (Phi) is 10.4. The van der Waals surface area contributed by atoms with Gasteiger partial charge in [-0.05, 0) is 37.3 Å². The van der Waals surface area contributed by atoms with E-state index in [1.807, 2.05) is 25.1 Å². The normalized spacial score (nSPS) is 9.85. The quantitative estimate of drug-likeness (QED) is 0.443. The average Bonchev–Trinajstić information content (AvgIpc) is 2.72. The molecule has 0 radical (unpaired) electrons. The largest absolute Gasteiger partial charge is 0.351 e. The number of hydrogen-bond acceptors (Lipinski definition) is 5. The maximum atomic E-state index is 12.1. The summed E-state index contributed by atoms with van der Waals surface area (Å²) < 4.78 is 0. The molecule has 2 heterocycles. The number of hydrogen-bond donors (Lipinski definition) is 2. The standard InChI is InChI=1S/C17H18N4O2.C3H6O/c1-2-5-16(22)20-10-11-21-17(23)13-7-9-19-15(12-13)14-6-3-4-8-18-14;1-2-3-4/h2-9,12H,10-11H2,1H3,(H,20,22)(H,21,23);3H,2H2,1H3/b5-2+;. The SMILES string of the molecule is C/C=C/C(=O)NCCNC(=O)c1ccnc(-c2ccccn2)c1.CCC=O. The van der Waals surface area contributed by atoms with Gasteiger partial charge in [0.25, 0.3) is 5.91 Å². The second-order valence-electron chi connectivity index (χ2n) is 5.27. The van der Waals surface area contributed by atoms with Crippen molar-refractivity contribution < 1.29 is 14.4 Å². The lowest BCUT2D eigenvalue weighted by Crippen LogP contribution is -2.34. The van der Waals surface area contributed by atoms with Crippen LogP contribution in [0.25, 0.3) is 11.4 Å². The molecule has 0 saturated carbocycles. The number of carbonyl (C=O) groups is 3. The molecule has 0 fully saturated rings. The molecule has 2 amide bonds. The third-order valence-electron chi connectivity index (χ3n) is 3.14. The molecular weight excluding hydrogens is 344 g/mol. The molecular formula is C20H24N4O3. The molecule has 142 valence electrons. The van der Waals surface area contributed by atoms with Gasteiger partial charge in [-0.1, -0.05) is 19.1 Å². The summed E-state index contributed by atoms with van der Waals surface area (Å²) in [5, 5.41) is 5.41. The van der Waals surface area contributed by atoms with Crippen LogP contribution < -0.4 is 10.6 Å². The third kappa shape index (κ3) is 8.53. The van der Waals surface area contributed by atoms with Gasteiger partial charge in [0.05, 0.1) is 11.4 Å². The Balaban J connectivity index is 0.000000828. The molecule has 0 aliphatic heterocycles. The summed E-state index contributed by atoms with van der Waals surface area (Å²) in [5.74, 6) is -0.395. The molecule has 2 rings (SSSR count). The minimum absolute atomic E-state index is 0.178. The summed E-state index contributed by atoms with van der Waals surface area (Å²) >= 11 is 0. The van der Waals surface area contributed by atoms with E-state index in [0.717, 1.165) is 6.29 Å². The van der Waals surface area contributed by atoms with Crippen LogP contribution in [0.2, 0.25) is 0 Å². The van der Waals surface area contributed by atoms with E-state index in [1.54, 1.807) is 37.5 Å². The maximum absolute atomic E-state index is 12.1. The number of aldehydes is 1. The van der Waals surface area contributed by atoms with Crippen molar-refractivity contribution in [2.45, 2.75) is 20.3 Å². The fourth-order valence-electron chi connectivity index (χ4n) is 1.90. The van der Waals surface area contributed by atoms with Gasteiger partial charge in [-0.15, -0.1) is 0 Å². The lowest BCUT2D eigenvalue weighted by molar-refractivity contribution is -0.116. The number of nitrogens with zero attached hydrogens (tertiary/aromatic N) is 2. The molecule has 0 bridgehead atoms. The first-order valence-corrected chi connectivity index (χ1v) is 8.62. The number of aromatic nitrogens is 2. The smallest absolute Gasteiger partial charge is 0.251 e. The average molecular weight is 368 g/mol. The van der Waals surface area contributed by atoms with Crippen LogP contribution >= 0.6 is 0 Å². The number of rotatable bonds is 7. The first kappa shape index (κ1) is 21.7.